The lowest BCUT2D eigenvalue weighted by Crippen LogP contribution is -2.40. The van der Waals surface area contributed by atoms with Crippen LogP contribution in [0.3, 0.4) is 0 Å². The van der Waals surface area contributed by atoms with Crippen LogP contribution in [0.5, 0.6) is 0 Å². The highest BCUT2D eigenvalue weighted by Gasteiger charge is 2.61. The van der Waals surface area contributed by atoms with Gasteiger partial charge in [0.2, 0.25) is 0 Å². The predicted octanol–water partition coefficient (Wildman–Crippen LogP) is 4.81. The summed E-state index contributed by atoms with van der Waals surface area (Å²) in [6.07, 6.45) is 9.51. The van der Waals surface area contributed by atoms with Crippen molar-refractivity contribution in [1.82, 2.24) is 9.97 Å². The van der Waals surface area contributed by atoms with Gasteiger partial charge in [0.15, 0.2) is 0 Å². The van der Waals surface area contributed by atoms with Crippen LogP contribution >= 0.6 is 11.3 Å². The van der Waals surface area contributed by atoms with Gasteiger partial charge in [-0.3, -0.25) is 0 Å². The first-order valence-corrected chi connectivity index (χ1v) is 9.84. The van der Waals surface area contributed by atoms with E-state index in [-0.39, 0.29) is 0 Å². The second-order valence-corrected chi connectivity index (χ2v) is 9.65. The van der Waals surface area contributed by atoms with Gasteiger partial charge in [0, 0.05) is 10.9 Å². The van der Waals surface area contributed by atoms with Crippen LogP contribution < -0.4 is 5.32 Å². The summed E-state index contributed by atoms with van der Waals surface area (Å²) in [5.41, 5.74) is 2.35. The van der Waals surface area contributed by atoms with Crippen LogP contribution in [0.15, 0.2) is 6.33 Å². The fraction of sp³-hybridized carbons (Fsp3) is 0.684. The van der Waals surface area contributed by atoms with Crippen molar-refractivity contribution in [1.29, 1.82) is 0 Å². The number of fused-ring (bicyclic) bond motifs is 5. The zero-order chi connectivity index (χ0) is 15.8. The van der Waals surface area contributed by atoms with Gasteiger partial charge in [-0.2, -0.15) is 0 Å². The molecule has 0 aliphatic heterocycles. The number of aromatic nitrogens is 2. The van der Waals surface area contributed by atoms with Gasteiger partial charge in [0.1, 0.15) is 17.0 Å². The van der Waals surface area contributed by atoms with Gasteiger partial charge in [-0.25, -0.2) is 9.97 Å². The summed E-state index contributed by atoms with van der Waals surface area (Å²) in [7, 11) is 0. The standard InChI is InChI=1S/C19H25N3S/c1-18(2)11-7-8-19(18,3)14(9-11)22-16-15-12-5-4-6-13(12)23-17(15)21-10-20-16/h10-11,14H,4-9H2,1-3H3,(H,20,21,22)/t11-,14+,19+/m0/s1. The average molecular weight is 327 g/mol. The molecule has 0 spiro atoms. The fourth-order valence-corrected chi connectivity index (χ4v) is 6.85. The summed E-state index contributed by atoms with van der Waals surface area (Å²) in [4.78, 5) is 11.9. The number of nitrogens with one attached hydrogen (secondary N) is 1. The third-order valence-electron chi connectivity index (χ3n) is 7.61. The first kappa shape index (κ1) is 14.2. The second kappa shape index (κ2) is 4.47. The van der Waals surface area contributed by atoms with Gasteiger partial charge < -0.3 is 5.32 Å². The molecular formula is C19H25N3S. The molecule has 2 saturated carbocycles. The molecule has 0 amide bonds. The normalized spacial score (nSPS) is 34.2. The van der Waals surface area contributed by atoms with Crippen LogP contribution in [0.25, 0.3) is 10.2 Å². The molecule has 2 heterocycles. The van der Waals surface area contributed by atoms with Crippen LogP contribution in [0.4, 0.5) is 5.82 Å². The molecule has 0 saturated heterocycles. The maximum Gasteiger partial charge on any atom is 0.138 e. The van der Waals surface area contributed by atoms with Gasteiger partial charge in [0.25, 0.3) is 0 Å². The van der Waals surface area contributed by atoms with E-state index in [4.69, 9.17) is 0 Å². The average Bonchev–Trinajstić information content (AvgIpc) is 3.18. The minimum absolute atomic E-state index is 0.383. The highest BCUT2D eigenvalue weighted by Crippen LogP contribution is 2.66. The summed E-state index contributed by atoms with van der Waals surface area (Å²) in [6.45, 7) is 7.45. The molecule has 4 heteroatoms. The monoisotopic (exact) mass is 327 g/mol. The molecule has 0 radical (unpaired) electrons. The van der Waals surface area contributed by atoms with Gasteiger partial charge in [-0.05, 0) is 60.8 Å². The molecule has 2 bridgehead atoms. The van der Waals surface area contributed by atoms with E-state index in [1.54, 1.807) is 11.2 Å². The van der Waals surface area contributed by atoms with Crippen molar-refractivity contribution < 1.29 is 0 Å². The Labute approximate surface area is 141 Å². The van der Waals surface area contributed by atoms with Crippen LogP contribution in [0, 0.1) is 16.7 Å². The van der Waals surface area contributed by atoms with E-state index in [0.717, 1.165) is 11.7 Å². The zero-order valence-corrected chi connectivity index (χ0v) is 15.1. The number of hydrogen-bond donors (Lipinski definition) is 1. The van der Waals surface area contributed by atoms with Crippen molar-refractivity contribution in [2.45, 2.75) is 65.3 Å². The highest BCUT2D eigenvalue weighted by atomic mass is 32.1. The molecule has 3 aliphatic carbocycles. The van der Waals surface area contributed by atoms with E-state index >= 15 is 0 Å². The zero-order valence-electron chi connectivity index (χ0n) is 14.3. The summed E-state index contributed by atoms with van der Waals surface area (Å²) >= 11 is 1.88. The van der Waals surface area contributed by atoms with Crippen LogP contribution in [-0.2, 0) is 12.8 Å². The molecule has 2 fully saturated rings. The molecule has 2 aromatic rings. The smallest absolute Gasteiger partial charge is 0.138 e. The van der Waals surface area contributed by atoms with Crippen LogP contribution in [-0.4, -0.2) is 16.0 Å². The van der Waals surface area contributed by atoms with Gasteiger partial charge in [-0.15, -0.1) is 11.3 Å². The van der Waals surface area contributed by atoms with E-state index in [1.807, 2.05) is 11.3 Å². The lowest BCUT2D eigenvalue weighted by Gasteiger charge is -2.39. The van der Waals surface area contributed by atoms with E-state index in [0.29, 0.717) is 16.9 Å². The van der Waals surface area contributed by atoms with Gasteiger partial charge >= 0.3 is 0 Å². The van der Waals surface area contributed by atoms with E-state index < -0.39 is 0 Å². The lowest BCUT2D eigenvalue weighted by molar-refractivity contribution is 0.142. The van der Waals surface area contributed by atoms with Gasteiger partial charge in [0.05, 0.1) is 5.39 Å². The number of nitrogens with zero attached hydrogens (tertiary/aromatic N) is 2. The molecule has 3 aliphatic rings. The summed E-state index contributed by atoms with van der Waals surface area (Å²) in [5.74, 6) is 1.96. The van der Waals surface area contributed by atoms with E-state index in [2.05, 4.69) is 36.1 Å². The quantitative estimate of drug-likeness (QED) is 0.860. The lowest BCUT2D eigenvalue weighted by atomic mass is 9.69. The Kier molecular flexibility index (Phi) is 2.76. The third kappa shape index (κ3) is 1.71. The number of anilines is 1. The van der Waals surface area contributed by atoms with Crippen molar-refractivity contribution in [3.63, 3.8) is 0 Å². The second-order valence-electron chi connectivity index (χ2n) is 8.57. The molecule has 2 aromatic heterocycles. The van der Waals surface area contributed by atoms with Crippen molar-refractivity contribution in [2.24, 2.45) is 16.7 Å². The van der Waals surface area contributed by atoms with Gasteiger partial charge in [-0.1, -0.05) is 20.8 Å². The van der Waals surface area contributed by atoms with Crippen molar-refractivity contribution in [3.05, 3.63) is 16.8 Å². The summed E-state index contributed by atoms with van der Waals surface area (Å²) in [6, 6.07) is 0.548. The Bertz CT molecular complexity index is 793. The first-order chi connectivity index (χ1) is 11.0. The summed E-state index contributed by atoms with van der Waals surface area (Å²) in [5, 5.41) is 5.21. The SMILES string of the molecule is CC1(C)[C@H]2CC[C@]1(C)[C@H](Nc1ncnc3sc4c(c13)CCC4)C2. The Morgan fingerprint density at radius 1 is 1.22 bits per heavy atom. The topological polar surface area (TPSA) is 37.8 Å². The van der Waals surface area contributed by atoms with Crippen LogP contribution in [0.2, 0.25) is 0 Å². The number of aryl methyl sites for hydroxylation is 2. The highest BCUT2D eigenvalue weighted by molar-refractivity contribution is 7.19. The van der Waals surface area contributed by atoms with E-state index in [1.165, 1.54) is 54.3 Å². The molecular weight excluding hydrogens is 302 g/mol. The maximum atomic E-state index is 4.67. The molecule has 5 rings (SSSR count). The fourth-order valence-electron chi connectivity index (χ4n) is 5.63. The number of thiophene rings is 1. The Balaban J connectivity index is 1.56. The predicted molar refractivity (Wildman–Crippen MR) is 96.1 cm³/mol. The Morgan fingerprint density at radius 2 is 2.09 bits per heavy atom. The number of hydrogen-bond acceptors (Lipinski definition) is 4. The largest absolute Gasteiger partial charge is 0.366 e. The number of rotatable bonds is 2. The van der Waals surface area contributed by atoms with Crippen molar-refractivity contribution in [3.8, 4) is 0 Å². The third-order valence-corrected chi connectivity index (χ3v) is 8.81. The Hall–Kier alpha value is -1.16. The minimum Gasteiger partial charge on any atom is -0.366 e. The van der Waals surface area contributed by atoms with E-state index in [9.17, 15) is 0 Å². The maximum absolute atomic E-state index is 4.67. The Morgan fingerprint density at radius 3 is 2.83 bits per heavy atom. The molecule has 0 aromatic carbocycles. The molecule has 1 N–H and O–H groups in total. The molecule has 3 nitrogen and oxygen atoms in total. The van der Waals surface area contributed by atoms with Crippen molar-refractivity contribution in [2.75, 3.05) is 5.32 Å². The van der Waals surface area contributed by atoms with Crippen molar-refractivity contribution >= 4 is 27.4 Å². The first-order valence-electron chi connectivity index (χ1n) is 9.02. The molecule has 3 atom stereocenters. The molecule has 23 heavy (non-hydrogen) atoms. The van der Waals surface area contributed by atoms with Crippen LogP contribution in [0.1, 0.15) is 56.9 Å². The molecule has 0 unspecified atom stereocenters. The molecule has 122 valence electrons. The summed E-state index contributed by atoms with van der Waals surface area (Å²) < 4.78 is 0. The minimum atomic E-state index is 0.383.